The van der Waals surface area contributed by atoms with Gasteiger partial charge in [-0.3, -0.25) is 0 Å². The standard InChI is InChI=1S/C15H24N2O3S/c1-11(2)13-5-4-8-17(13)21(18,19)15-7-6-12(10-16)9-14(15)20-3/h6-7,9,11,13H,4-5,8,10,16H2,1-3H3. The lowest BCUT2D eigenvalue weighted by Crippen LogP contribution is -2.38. The highest BCUT2D eigenvalue weighted by Gasteiger charge is 2.38. The summed E-state index contributed by atoms with van der Waals surface area (Å²) in [5.74, 6) is 0.670. The molecule has 1 fully saturated rings. The first-order valence-corrected chi connectivity index (χ1v) is 8.74. The first kappa shape index (κ1) is 16.3. The van der Waals surface area contributed by atoms with Gasteiger partial charge in [0.05, 0.1) is 7.11 Å². The van der Waals surface area contributed by atoms with Crippen LogP contribution in [0.2, 0.25) is 0 Å². The summed E-state index contributed by atoms with van der Waals surface area (Å²) >= 11 is 0. The molecule has 1 saturated heterocycles. The van der Waals surface area contributed by atoms with E-state index < -0.39 is 10.0 Å². The van der Waals surface area contributed by atoms with E-state index in [1.807, 2.05) is 0 Å². The van der Waals surface area contributed by atoms with Gasteiger partial charge in [-0.1, -0.05) is 19.9 Å². The van der Waals surface area contributed by atoms with Crippen LogP contribution >= 0.6 is 0 Å². The first-order chi connectivity index (χ1) is 9.91. The van der Waals surface area contributed by atoms with Crippen molar-refractivity contribution in [3.8, 4) is 5.75 Å². The number of nitrogens with zero attached hydrogens (tertiary/aromatic N) is 1. The zero-order valence-electron chi connectivity index (χ0n) is 12.9. The Morgan fingerprint density at radius 1 is 1.43 bits per heavy atom. The minimum atomic E-state index is -3.53. The van der Waals surface area contributed by atoms with Crippen molar-refractivity contribution in [1.82, 2.24) is 4.31 Å². The van der Waals surface area contributed by atoms with Gasteiger partial charge in [0.15, 0.2) is 0 Å². The summed E-state index contributed by atoms with van der Waals surface area (Å²) in [6.45, 7) is 5.06. The number of hydrogen-bond acceptors (Lipinski definition) is 4. The van der Waals surface area contributed by atoms with Crippen LogP contribution < -0.4 is 10.5 Å². The van der Waals surface area contributed by atoms with Gasteiger partial charge in [-0.15, -0.1) is 0 Å². The fourth-order valence-electron chi connectivity index (χ4n) is 2.91. The largest absolute Gasteiger partial charge is 0.495 e. The van der Waals surface area contributed by atoms with Crippen LogP contribution in [0, 0.1) is 5.92 Å². The average molecular weight is 312 g/mol. The molecule has 1 unspecified atom stereocenters. The van der Waals surface area contributed by atoms with Gasteiger partial charge in [0.1, 0.15) is 10.6 Å². The van der Waals surface area contributed by atoms with Crippen molar-refractivity contribution in [3.05, 3.63) is 23.8 Å². The minimum absolute atomic E-state index is 0.0638. The van der Waals surface area contributed by atoms with Crippen LogP contribution in [0.15, 0.2) is 23.1 Å². The molecule has 0 bridgehead atoms. The third-order valence-corrected chi connectivity index (χ3v) is 6.03. The lowest BCUT2D eigenvalue weighted by molar-refractivity contribution is 0.313. The predicted molar refractivity (Wildman–Crippen MR) is 82.6 cm³/mol. The zero-order chi connectivity index (χ0) is 15.6. The van der Waals surface area contributed by atoms with Gasteiger partial charge in [-0.05, 0) is 36.5 Å². The number of ether oxygens (including phenoxy) is 1. The fraction of sp³-hybridized carbons (Fsp3) is 0.600. The maximum atomic E-state index is 12.9. The molecular weight excluding hydrogens is 288 g/mol. The molecule has 1 aromatic carbocycles. The van der Waals surface area contributed by atoms with Crippen molar-refractivity contribution in [2.24, 2.45) is 11.7 Å². The number of hydrogen-bond donors (Lipinski definition) is 1. The SMILES string of the molecule is COc1cc(CN)ccc1S(=O)(=O)N1CCCC1C(C)C. The van der Waals surface area contributed by atoms with Crippen molar-refractivity contribution in [3.63, 3.8) is 0 Å². The van der Waals surface area contributed by atoms with E-state index in [0.29, 0.717) is 24.8 Å². The molecule has 0 saturated carbocycles. The van der Waals surface area contributed by atoms with Crippen molar-refractivity contribution < 1.29 is 13.2 Å². The van der Waals surface area contributed by atoms with E-state index in [9.17, 15) is 8.42 Å². The molecular formula is C15H24N2O3S. The van der Waals surface area contributed by atoms with Crippen molar-refractivity contribution in [1.29, 1.82) is 0 Å². The van der Waals surface area contributed by atoms with Crippen LogP contribution in [0.3, 0.4) is 0 Å². The van der Waals surface area contributed by atoms with Gasteiger partial charge in [0, 0.05) is 19.1 Å². The molecule has 1 heterocycles. The first-order valence-electron chi connectivity index (χ1n) is 7.30. The molecule has 2 rings (SSSR count). The second-order valence-electron chi connectivity index (χ2n) is 5.76. The van der Waals surface area contributed by atoms with Gasteiger partial charge in [0.2, 0.25) is 10.0 Å². The molecule has 21 heavy (non-hydrogen) atoms. The van der Waals surface area contributed by atoms with E-state index in [4.69, 9.17) is 10.5 Å². The molecule has 0 aliphatic carbocycles. The number of sulfonamides is 1. The van der Waals surface area contributed by atoms with Gasteiger partial charge in [0.25, 0.3) is 0 Å². The summed E-state index contributed by atoms with van der Waals surface area (Å²) in [7, 11) is -2.05. The number of methoxy groups -OCH3 is 1. The minimum Gasteiger partial charge on any atom is -0.495 e. The van der Waals surface area contributed by atoms with E-state index >= 15 is 0 Å². The highest BCUT2D eigenvalue weighted by Crippen LogP contribution is 2.34. The molecule has 0 radical (unpaired) electrons. The Labute approximate surface area is 127 Å². The molecule has 5 nitrogen and oxygen atoms in total. The molecule has 2 N–H and O–H groups in total. The van der Waals surface area contributed by atoms with Crippen LogP contribution in [-0.2, 0) is 16.6 Å². The predicted octanol–water partition coefficient (Wildman–Crippen LogP) is 1.96. The fourth-order valence-corrected chi connectivity index (χ4v) is 4.87. The lowest BCUT2D eigenvalue weighted by atomic mass is 10.0. The van der Waals surface area contributed by atoms with Gasteiger partial charge >= 0.3 is 0 Å². The summed E-state index contributed by atoms with van der Waals surface area (Å²) in [5, 5.41) is 0. The Bertz CT molecular complexity index is 599. The molecule has 0 aromatic heterocycles. The molecule has 6 heteroatoms. The molecule has 118 valence electrons. The second-order valence-corrected chi connectivity index (χ2v) is 7.62. The molecule has 1 aliphatic heterocycles. The maximum Gasteiger partial charge on any atom is 0.247 e. The highest BCUT2D eigenvalue weighted by molar-refractivity contribution is 7.89. The Kier molecular flexibility index (Phi) is 4.91. The van der Waals surface area contributed by atoms with Crippen molar-refractivity contribution in [2.45, 2.75) is 44.2 Å². The van der Waals surface area contributed by atoms with E-state index in [2.05, 4.69) is 13.8 Å². The third kappa shape index (κ3) is 3.07. The normalized spacial score (nSPS) is 20.1. The Balaban J connectivity index is 2.44. The van der Waals surface area contributed by atoms with E-state index in [1.54, 1.807) is 22.5 Å². The zero-order valence-corrected chi connectivity index (χ0v) is 13.7. The van der Waals surface area contributed by atoms with E-state index in [1.165, 1.54) is 7.11 Å². The Hall–Kier alpha value is -1.11. The average Bonchev–Trinajstić information content (AvgIpc) is 2.96. The molecule has 1 atom stereocenters. The smallest absolute Gasteiger partial charge is 0.247 e. The molecule has 1 aromatic rings. The van der Waals surface area contributed by atoms with E-state index in [-0.39, 0.29) is 10.9 Å². The van der Waals surface area contributed by atoms with Crippen molar-refractivity contribution in [2.75, 3.05) is 13.7 Å². The quantitative estimate of drug-likeness (QED) is 0.902. The van der Waals surface area contributed by atoms with Crippen LogP contribution in [0.5, 0.6) is 5.75 Å². The molecule has 0 amide bonds. The van der Waals surface area contributed by atoms with Gasteiger partial charge < -0.3 is 10.5 Å². The lowest BCUT2D eigenvalue weighted by Gasteiger charge is -2.27. The number of benzene rings is 1. The molecule has 0 spiro atoms. The number of rotatable bonds is 5. The maximum absolute atomic E-state index is 12.9. The monoisotopic (exact) mass is 312 g/mol. The summed E-state index contributed by atoms with van der Waals surface area (Å²) in [5.41, 5.74) is 6.46. The third-order valence-electron chi connectivity index (χ3n) is 4.07. The van der Waals surface area contributed by atoms with Crippen LogP contribution in [-0.4, -0.2) is 32.4 Å². The Morgan fingerprint density at radius 2 is 2.14 bits per heavy atom. The van der Waals surface area contributed by atoms with Gasteiger partial charge in [-0.2, -0.15) is 4.31 Å². The Morgan fingerprint density at radius 3 is 2.71 bits per heavy atom. The van der Waals surface area contributed by atoms with Crippen LogP contribution in [0.25, 0.3) is 0 Å². The summed E-state index contributed by atoms with van der Waals surface area (Å²) in [4.78, 5) is 0.231. The van der Waals surface area contributed by atoms with Crippen molar-refractivity contribution >= 4 is 10.0 Å². The second kappa shape index (κ2) is 6.34. The highest BCUT2D eigenvalue weighted by atomic mass is 32.2. The summed E-state index contributed by atoms with van der Waals surface area (Å²) in [6.07, 6.45) is 1.82. The number of nitrogens with two attached hydrogens (primary N) is 1. The van der Waals surface area contributed by atoms with Crippen LogP contribution in [0.1, 0.15) is 32.3 Å². The molecule has 1 aliphatic rings. The summed E-state index contributed by atoms with van der Waals surface area (Å²) < 4.78 is 32.8. The van der Waals surface area contributed by atoms with E-state index in [0.717, 1.165) is 18.4 Å². The summed E-state index contributed by atoms with van der Waals surface area (Å²) in [6, 6.07) is 5.11. The van der Waals surface area contributed by atoms with Crippen LogP contribution in [0.4, 0.5) is 0 Å². The topological polar surface area (TPSA) is 72.6 Å². The van der Waals surface area contributed by atoms with Gasteiger partial charge in [-0.25, -0.2) is 8.42 Å².